The van der Waals surface area contributed by atoms with Gasteiger partial charge in [-0.3, -0.25) is 4.79 Å². The van der Waals surface area contributed by atoms with E-state index in [0.29, 0.717) is 0 Å². The fourth-order valence-corrected chi connectivity index (χ4v) is 1.81. The summed E-state index contributed by atoms with van der Waals surface area (Å²) in [5, 5.41) is 12.1. The van der Waals surface area contributed by atoms with Gasteiger partial charge in [-0.25, -0.2) is 0 Å². The maximum atomic E-state index is 10.6. The van der Waals surface area contributed by atoms with Crippen LogP contribution in [0.2, 0.25) is 0 Å². The molecule has 0 atom stereocenters. The van der Waals surface area contributed by atoms with Gasteiger partial charge in [0.2, 0.25) is 0 Å². The van der Waals surface area contributed by atoms with Gasteiger partial charge in [-0.1, -0.05) is 24.3 Å². The van der Waals surface area contributed by atoms with E-state index in [1.54, 1.807) is 7.11 Å². The van der Waals surface area contributed by atoms with Crippen LogP contribution in [-0.2, 0) is 22.5 Å². The first kappa shape index (κ1) is 16.6. The van der Waals surface area contributed by atoms with Gasteiger partial charge in [0.15, 0.2) is 0 Å². The second kappa shape index (κ2) is 9.47. The van der Waals surface area contributed by atoms with Crippen LogP contribution in [0.15, 0.2) is 24.3 Å². The Morgan fingerprint density at radius 2 is 1.90 bits per heavy atom. The van der Waals surface area contributed by atoms with E-state index in [-0.39, 0.29) is 6.42 Å². The van der Waals surface area contributed by atoms with Crippen LogP contribution >= 0.6 is 0 Å². The van der Waals surface area contributed by atoms with Crippen LogP contribution in [-0.4, -0.2) is 56.4 Å². The predicted octanol–water partition coefficient (Wildman–Crippen LogP) is 0.982. The molecular weight excluding hydrogens is 256 g/mol. The molecule has 5 nitrogen and oxygen atoms in total. The number of rotatable bonds is 10. The first-order valence-electron chi connectivity index (χ1n) is 6.79. The van der Waals surface area contributed by atoms with E-state index in [2.05, 4.69) is 17.3 Å². The van der Waals surface area contributed by atoms with Crippen molar-refractivity contribution in [2.24, 2.45) is 0 Å². The number of aliphatic carboxylic acids is 1. The first-order valence-corrected chi connectivity index (χ1v) is 6.79. The Morgan fingerprint density at radius 1 is 1.25 bits per heavy atom. The number of carboxylic acid groups (broad SMARTS) is 1. The van der Waals surface area contributed by atoms with Gasteiger partial charge in [0, 0.05) is 33.3 Å². The molecule has 0 aliphatic rings. The van der Waals surface area contributed by atoms with Crippen molar-refractivity contribution in [2.75, 3.05) is 40.4 Å². The largest absolute Gasteiger partial charge is 0.481 e. The fraction of sp³-hybridized carbons (Fsp3) is 0.533. The fourth-order valence-electron chi connectivity index (χ4n) is 1.81. The lowest BCUT2D eigenvalue weighted by atomic mass is 10.1. The third kappa shape index (κ3) is 7.23. The summed E-state index contributed by atoms with van der Waals surface area (Å²) in [5.74, 6) is -0.796. The van der Waals surface area contributed by atoms with Crippen LogP contribution < -0.4 is 5.32 Å². The zero-order valence-corrected chi connectivity index (χ0v) is 12.3. The molecule has 112 valence electrons. The Labute approximate surface area is 120 Å². The van der Waals surface area contributed by atoms with Gasteiger partial charge in [-0.2, -0.15) is 0 Å². The lowest BCUT2D eigenvalue weighted by Gasteiger charge is -2.16. The molecule has 2 N–H and O–H groups in total. The number of nitrogens with one attached hydrogen (secondary N) is 1. The second-order valence-corrected chi connectivity index (χ2v) is 4.86. The number of nitrogens with zero attached hydrogens (tertiary/aromatic N) is 1. The van der Waals surface area contributed by atoms with Gasteiger partial charge < -0.3 is 20.1 Å². The van der Waals surface area contributed by atoms with Gasteiger partial charge >= 0.3 is 5.97 Å². The van der Waals surface area contributed by atoms with Gasteiger partial charge in [0.25, 0.3) is 0 Å². The van der Waals surface area contributed by atoms with Gasteiger partial charge in [-0.15, -0.1) is 0 Å². The summed E-state index contributed by atoms with van der Waals surface area (Å²) >= 11 is 0. The van der Waals surface area contributed by atoms with Gasteiger partial charge in [0.1, 0.15) is 0 Å². The van der Waals surface area contributed by atoms with Crippen LogP contribution in [0.1, 0.15) is 11.1 Å². The number of carbonyl (C=O) groups is 1. The van der Waals surface area contributed by atoms with Crippen molar-refractivity contribution in [3.63, 3.8) is 0 Å². The van der Waals surface area contributed by atoms with E-state index >= 15 is 0 Å². The monoisotopic (exact) mass is 280 g/mol. The molecule has 0 aromatic heterocycles. The lowest BCUT2D eigenvalue weighted by molar-refractivity contribution is -0.136. The molecule has 0 amide bonds. The third-order valence-electron chi connectivity index (χ3n) is 3.05. The van der Waals surface area contributed by atoms with Crippen LogP contribution in [0.3, 0.4) is 0 Å². The number of methoxy groups -OCH3 is 1. The molecular formula is C15H24N2O3. The zero-order chi connectivity index (χ0) is 14.8. The van der Waals surface area contributed by atoms with E-state index in [1.165, 1.54) is 5.56 Å². The second-order valence-electron chi connectivity index (χ2n) is 4.86. The smallest absolute Gasteiger partial charge is 0.307 e. The normalized spacial score (nSPS) is 10.9. The molecule has 20 heavy (non-hydrogen) atoms. The van der Waals surface area contributed by atoms with E-state index in [9.17, 15) is 4.79 Å². The molecule has 0 aliphatic carbocycles. The molecule has 1 rings (SSSR count). The van der Waals surface area contributed by atoms with Gasteiger partial charge in [-0.05, 0) is 18.2 Å². The summed E-state index contributed by atoms with van der Waals surface area (Å²) in [6.45, 7) is 4.37. The number of hydrogen-bond donors (Lipinski definition) is 2. The summed E-state index contributed by atoms with van der Waals surface area (Å²) in [7, 11) is 3.78. The number of carboxylic acids is 1. The summed E-state index contributed by atoms with van der Waals surface area (Å²) in [6.07, 6.45) is 0.0814. The summed E-state index contributed by atoms with van der Waals surface area (Å²) in [4.78, 5) is 12.8. The molecule has 0 aliphatic heterocycles. The standard InChI is InChI=1S/C15H24N2O3/c1-17(9-10-20-2)8-7-16-12-14-5-3-13(4-6-14)11-15(18)19/h3-6,16H,7-12H2,1-2H3,(H,18,19). The van der Waals surface area contributed by atoms with Crippen molar-refractivity contribution in [1.82, 2.24) is 10.2 Å². The molecule has 0 unspecified atom stereocenters. The highest BCUT2D eigenvalue weighted by Crippen LogP contribution is 2.05. The highest BCUT2D eigenvalue weighted by Gasteiger charge is 2.01. The molecule has 0 bridgehead atoms. The summed E-state index contributed by atoms with van der Waals surface area (Å²) in [6, 6.07) is 7.69. The number of hydrogen-bond acceptors (Lipinski definition) is 4. The molecule has 0 saturated carbocycles. The quantitative estimate of drug-likeness (QED) is 0.626. The van der Waals surface area contributed by atoms with E-state index < -0.39 is 5.97 Å². The van der Waals surface area contributed by atoms with Crippen LogP contribution in [0.25, 0.3) is 0 Å². The molecule has 0 saturated heterocycles. The Morgan fingerprint density at radius 3 is 2.50 bits per heavy atom. The number of ether oxygens (including phenoxy) is 1. The topological polar surface area (TPSA) is 61.8 Å². The molecule has 0 heterocycles. The lowest BCUT2D eigenvalue weighted by Crippen LogP contribution is -2.31. The van der Waals surface area contributed by atoms with Crippen molar-refractivity contribution in [3.8, 4) is 0 Å². The van der Waals surface area contributed by atoms with E-state index in [4.69, 9.17) is 9.84 Å². The Balaban J connectivity index is 2.20. The number of likely N-dealkylation sites (N-methyl/N-ethyl adjacent to an activating group) is 1. The van der Waals surface area contributed by atoms with Crippen molar-refractivity contribution in [2.45, 2.75) is 13.0 Å². The SMILES string of the molecule is COCCN(C)CCNCc1ccc(CC(=O)O)cc1. The molecule has 0 fully saturated rings. The third-order valence-corrected chi connectivity index (χ3v) is 3.05. The minimum absolute atomic E-state index is 0.0814. The summed E-state index contributed by atoms with van der Waals surface area (Å²) < 4.78 is 5.02. The van der Waals surface area contributed by atoms with Crippen molar-refractivity contribution in [1.29, 1.82) is 0 Å². The van der Waals surface area contributed by atoms with Crippen molar-refractivity contribution >= 4 is 5.97 Å². The molecule has 1 aromatic rings. The van der Waals surface area contributed by atoms with Crippen molar-refractivity contribution < 1.29 is 14.6 Å². The Kier molecular flexibility index (Phi) is 7.87. The predicted molar refractivity (Wildman–Crippen MR) is 78.9 cm³/mol. The zero-order valence-electron chi connectivity index (χ0n) is 12.3. The minimum atomic E-state index is -0.796. The molecule has 0 radical (unpaired) electrons. The van der Waals surface area contributed by atoms with Crippen LogP contribution in [0.4, 0.5) is 0 Å². The van der Waals surface area contributed by atoms with Crippen LogP contribution in [0, 0.1) is 0 Å². The molecule has 0 spiro atoms. The number of benzene rings is 1. The van der Waals surface area contributed by atoms with Crippen molar-refractivity contribution in [3.05, 3.63) is 35.4 Å². The van der Waals surface area contributed by atoms with Crippen LogP contribution in [0.5, 0.6) is 0 Å². The highest BCUT2D eigenvalue weighted by atomic mass is 16.5. The highest BCUT2D eigenvalue weighted by molar-refractivity contribution is 5.70. The molecule has 1 aromatic carbocycles. The Hall–Kier alpha value is -1.43. The van der Waals surface area contributed by atoms with E-state index in [1.807, 2.05) is 24.3 Å². The maximum absolute atomic E-state index is 10.6. The molecule has 5 heteroatoms. The average molecular weight is 280 g/mol. The van der Waals surface area contributed by atoms with Gasteiger partial charge in [0.05, 0.1) is 13.0 Å². The summed E-state index contributed by atoms with van der Waals surface area (Å²) in [5.41, 5.74) is 2.00. The van der Waals surface area contributed by atoms with E-state index in [0.717, 1.165) is 38.3 Å². The minimum Gasteiger partial charge on any atom is -0.481 e. The Bertz CT molecular complexity index is 393. The average Bonchev–Trinajstić information content (AvgIpc) is 2.42. The maximum Gasteiger partial charge on any atom is 0.307 e. The first-order chi connectivity index (χ1) is 9.61.